The van der Waals surface area contributed by atoms with Gasteiger partial charge in [0.15, 0.2) is 5.13 Å². The minimum absolute atomic E-state index is 0.253. The molecule has 6 nitrogen and oxygen atoms in total. The van der Waals surface area contributed by atoms with Gasteiger partial charge in [-0.3, -0.25) is 14.7 Å². The summed E-state index contributed by atoms with van der Waals surface area (Å²) >= 11 is 1.44. The first-order valence-corrected chi connectivity index (χ1v) is 9.48. The van der Waals surface area contributed by atoms with Crippen LogP contribution in [0.5, 0.6) is 5.75 Å². The van der Waals surface area contributed by atoms with Crippen molar-refractivity contribution in [1.29, 1.82) is 0 Å². The van der Waals surface area contributed by atoms with Crippen molar-refractivity contribution in [2.45, 2.75) is 6.92 Å². The summed E-state index contributed by atoms with van der Waals surface area (Å²) < 4.78 is 6.95. The van der Waals surface area contributed by atoms with Crippen LogP contribution in [0.4, 0.5) is 5.13 Å². The van der Waals surface area contributed by atoms with E-state index in [4.69, 9.17) is 4.74 Å². The van der Waals surface area contributed by atoms with Gasteiger partial charge in [-0.1, -0.05) is 18.2 Å². The van der Waals surface area contributed by atoms with Crippen LogP contribution in [0.25, 0.3) is 16.9 Å². The van der Waals surface area contributed by atoms with Crippen molar-refractivity contribution < 1.29 is 9.53 Å². The van der Waals surface area contributed by atoms with Crippen LogP contribution < -0.4 is 10.1 Å². The highest BCUT2D eigenvalue weighted by molar-refractivity contribution is 7.16. The number of benzene rings is 2. The molecule has 2 aromatic carbocycles. The number of amides is 1. The van der Waals surface area contributed by atoms with Crippen molar-refractivity contribution in [2.24, 2.45) is 0 Å². The fourth-order valence-corrected chi connectivity index (χ4v) is 3.72. The lowest BCUT2D eigenvalue weighted by Gasteiger charge is -2.07. The van der Waals surface area contributed by atoms with Crippen molar-refractivity contribution in [2.75, 3.05) is 12.4 Å². The summed E-state index contributed by atoms with van der Waals surface area (Å²) in [6.07, 6.45) is 3.17. The Morgan fingerprint density at radius 1 is 1.11 bits per heavy atom. The molecule has 28 heavy (non-hydrogen) atoms. The molecule has 140 valence electrons. The van der Waals surface area contributed by atoms with Gasteiger partial charge in [0, 0.05) is 16.1 Å². The number of nitrogens with one attached hydrogen (secondary N) is 1. The number of carbonyl (C=O) groups is 1. The Morgan fingerprint density at radius 3 is 2.57 bits per heavy atom. The third-order valence-electron chi connectivity index (χ3n) is 4.29. The molecule has 2 aromatic heterocycles. The van der Waals surface area contributed by atoms with Gasteiger partial charge >= 0.3 is 0 Å². The Balaban J connectivity index is 1.57. The summed E-state index contributed by atoms with van der Waals surface area (Å²) in [6, 6.07) is 17.3. The molecule has 0 aliphatic heterocycles. The first-order valence-electron chi connectivity index (χ1n) is 8.66. The van der Waals surface area contributed by atoms with Crippen LogP contribution in [0.3, 0.4) is 0 Å². The first-order chi connectivity index (χ1) is 13.7. The molecule has 2 heterocycles. The van der Waals surface area contributed by atoms with Crippen LogP contribution in [0.2, 0.25) is 0 Å². The molecule has 0 radical (unpaired) electrons. The van der Waals surface area contributed by atoms with E-state index in [1.807, 2.05) is 61.5 Å². The average Bonchev–Trinajstić information content (AvgIpc) is 3.35. The zero-order valence-electron chi connectivity index (χ0n) is 15.4. The zero-order valence-corrected chi connectivity index (χ0v) is 16.2. The van der Waals surface area contributed by atoms with E-state index in [2.05, 4.69) is 15.3 Å². The molecule has 0 saturated carbocycles. The number of methoxy groups -OCH3 is 1. The smallest absolute Gasteiger partial charge is 0.276 e. The zero-order chi connectivity index (χ0) is 19.5. The molecule has 0 atom stereocenters. The van der Waals surface area contributed by atoms with Gasteiger partial charge in [-0.05, 0) is 43.3 Å². The second kappa shape index (κ2) is 7.66. The maximum Gasteiger partial charge on any atom is 0.276 e. The van der Waals surface area contributed by atoms with Crippen molar-refractivity contribution in [3.63, 3.8) is 0 Å². The Morgan fingerprint density at radius 2 is 1.86 bits per heavy atom. The van der Waals surface area contributed by atoms with Gasteiger partial charge in [0.25, 0.3) is 5.91 Å². The SMILES string of the molecule is COc1ccc(-c2nc(NC(=O)c3cncn3-c3ccccc3)sc2C)cc1. The van der Waals surface area contributed by atoms with Crippen LogP contribution in [-0.2, 0) is 0 Å². The van der Waals surface area contributed by atoms with E-state index in [1.54, 1.807) is 24.2 Å². The van der Waals surface area contributed by atoms with Gasteiger partial charge < -0.3 is 4.74 Å². The van der Waals surface area contributed by atoms with Gasteiger partial charge in [0.1, 0.15) is 11.4 Å². The van der Waals surface area contributed by atoms with Crippen molar-refractivity contribution in [3.8, 4) is 22.7 Å². The van der Waals surface area contributed by atoms with Crippen LogP contribution >= 0.6 is 11.3 Å². The molecule has 0 saturated heterocycles. The normalized spacial score (nSPS) is 10.6. The van der Waals surface area contributed by atoms with E-state index in [0.29, 0.717) is 10.8 Å². The molecule has 0 bridgehead atoms. The molecule has 4 rings (SSSR count). The number of hydrogen-bond donors (Lipinski definition) is 1. The van der Waals surface area contributed by atoms with E-state index in [-0.39, 0.29) is 5.91 Å². The number of hydrogen-bond acceptors (Lipinski definition) is 5. The van der Waals surface area contributed by atoms with E-state index < -0.39 is 0 Å². The van der Waals surface area contributed by atoms with Crippen molar-refractivity contribution in [1.82, 2.24) is 14.5 Å². The summed E-state index contributed by atoms with van der Waals surface area (Å²) in [4.78, 5) is 22.5. The summed E-state index contributed by atoms with van der Waals surface area (Å²) in [6.45, 7) is 1.99. The number of aromatic nitrogens is 3. The molecule has 0 unspecified atom stereocenters. The number of ether oxygens (including phenoxy) is 1. The molecule has 4 aromatic rings. The lowest BCUT2D eigenvalue weighted by molar-refractivity contribution is 0.102. The molecular formula is C21H18N4O2S. The molecule has 7 heteroatoms. The maximum absolute atomic E-state index is 12.8. The standard InChI is InChI=1S/C21H18N4O2S/c1-14-19(15-8-10-17(27-2)11-9-15)23-21(28-14)24-20(26)18-12-22-13-25(18)16-6-4-3-5-7-16/h3-13H,1-2H3,(H,23,24,26). The molecule has 0 aliphatic rings. The monoisotopic (exact) mass is 390 g/mol. The fraction of sp³-hybridized carbons (Fsp3) is 0.0952. The van der Waals surface area contributed by atoms with E-state index in [0.717, 1.165) is 27.6 Å². The lowest BCUT2D eigenvalue weighted by atomic mass is 10.1. The van der Waals surface area contributed by atoms with E-state index >= 15 is 0 Å². The highest BCUT2D eigenvalue weighted by Gasteiger charge is 2.17. The van der Waals surface area contributed by atoms with Gasteiger partial charge in [0.05, 0.1) is 25.3 Å². The molecular weight excluding hydrogens is 372 g/mol. The maximum atomic E-state index is 12.8. The van der Waals surface area contributed by atoms with Gasteiger partial charge in [-0.15, -0.1) is 11.3 Å². The predicted molar refractivity (Wildman–Crippen MR) is 110 cm³/mol. The first kappa shape index (κ1) is 17.9. The highest BCUT2D eigenvalue weighted by atomic mass is 32.1. The second-order valence-electron chi connectivity index (χ2n) is 6.09. The number of aryl methyl sites for hydroxylation is 1. The molecule has 1 N–H and O–H groups in total. The van der Waals surface area contributed by atoms with E-state index in [9.17, 15) is 4.79 Å². The lowest BCUT2D eigenvalue weighted by Crippen LogP contribution is -2.15. The Kier molecular flexibility index (Phi) is 4.90. The van der Waals surface area contributed by atoms with Gasteiger partial charge in [-0.2, -0.15) is 0 Å². The van der Waals surface area contributed by atoms with Crippen LogP contribution in [0, 0.1) is 6.92 Å². The minimum atomic E-state index is -0.253. The van der Waals surface area contributed by atoms with Gasteiger partial charge in [0.2, 0.25) is 0 Å². The van der Waals surface area contributed by atoms with Crippen molar-refractivity contribution in [3.05, 3.63) is 77.7 Å². The molecule has 0 fully saturated rings. The number of anilines is 1. The van der Waals surface area contributed by atoms with Crippen LogP contribution in [0.1, 0.15) is 15.4 Å². The second-order valence-corrected chi connectivity index (χ2v) is 7.29. The number of thiazole rings is 1. The van der Waals surface area contributed by atoms with Gasteiger partial charge in [-0.25, -0.2) is 9.97 Å². The fourth-order valence-electron chi connectivity index (χ4n) is 2.89. The van der Waals surface area contributed by atoms with Crippen LogP contribution in [0.15, 0.2) is 67.1 Å². The van der Waals surface area contributed by atoms with E-state index in [1.165, 1.54) is 11.3 Å². The summed E-state index contributed by atoms with van der Waals surface area (Å²) in [5.74, 6) is 0.538. The predicted octanol–water partition coefficient (Wildman–Crippen LogP) is 4.57. The molecule has 1 amide bonds. The average molecular weight is 390 g/mol. The Labute approximate surface area is 166 Å². The number of carbonyl (C=O) groups excluding carboxylic acids is 1. The minimum Gasteiger partial charge on any atom is -0.497 e. The van der Waals surface area contributed by atoms with Crippen molar-refractivity contribution >= 4 is 22.4 Å². The number of rotatable bonds is 5. The topological polar surface area (TPSA) is 69.0 Å². The summed E-state index contributed by atoms with van der Waals surface area (Å²) in [5.41, 5.74) is 3.15. The quantitative estimate of drug-likeness (QED) is 0.542. The van der Waals surface area contributed by atoms with Crippen LogP contribution in [-0.4, -0.2) is 27.6 Å². The third-order valence-corrected chi connectivity index (χ3v) is 5.17. The largest absolute Gasteiger partial charge is 0.497 e. The Bertz CT molecular complexity index is 1100. The number of nitrogens with zero attached hydrogens (tertiary/aromatic N) is 3. The summed E-state index contributed by atoms with van der Waals surface area (Å²) in [7, 11) is 1.64. The summed E-state index contributed by atoms with van der Waals surface area (Å²) in [5, 5.41) is 3.44. The molecule has 0 spiro atoms. The number of para-hydroxylation sites is 1. The number of imidazole rings is 1. The molecule has 0 aliphatic carbocycles. The Hall–Kier alpha value is -3.45. The third kappa shape index (κ3) is 3.52. The highest BCUT2D eigenvalue weighted by Crippen LogP contribution is 2.31.